The van der Waals surface area contributed by atoms with Crippen molar-refractivity contribution in [1.29, 1.82) is 0 Å². The largest absolute Gasteiger partial charge is 0.336 e. The Labute approximate surface area is 232 Å². The van der Waals surface area contributed by atoms with Crippen LogP contribution in [0.4, 0.5) is 11.4 Å². The van der Waals surface area contributed by atoms with Crippen molar-refractivity contribution in [3.05, 3.63) is 188 Å². The second-order valence-electron chi connectivity index (χ2n) is 9.76. The van der Waals surface area contributed by atoms with Crippen LogP contribution < -0.4 is 20.5 Å². The molecular formula is C37H31NSi. The zero-order chi connectivity index (χ0) is 26.3. The van der Waals surface area contributed by atoms with Crippen molar-refractivity contribution >= 4 is 35.0 Å². The first-order valence-corrected chi connectivity index (χ1v) is 15.6. The van der Waals surface area contributed by atoms with Crippen molar-refractivity contribution < 1.29 is 0 Å². The number of rotatable bonds is 8. The molecule has 1 unspecified atom stereocenters. The van der Waals surface area contributed by atoms with E-state index in [1.54, 1.807) is 0 Å². The Morgan fingerprint density at radius 2 is 0.615 bits per heavy atom. The van der Waals surface area contributed by atoms with Crippen LogP contribution in [-0.2, 0) is 0 Å². The fourth-order valence-corrected chi connectivity index (χ4v) is 11.4. The molecule has 6 aromatic carbocycles. The van der Waals surface area contributed by atoms with Crippen LogP contribution in [0.15, 0.2) is 182 Å². The van der Waals surface area contributed by atoms with Crippen molar-refractivity contribution in [2.24, 2.45) is 0 Å². The van der Waals surface area contributed by atoms with E-state index < -0.39 is 8.07 Å². The SMILES string of the molecule is c1ccc(C(N(c2ccccc2)c2ccccc2)[Si](c2ccccc2)(c2ccccc2)c2ccccc2)cc1. The summed E-state index contributed by atoms with van der Waals surface area (Å²) in [6.45, 7) is 0. The maximum Gasteiger partial charge on any atom is 0.177 e. The highest BCUT2D eigenvalue weighted by atomic mass is 28.3. The van der Waals surface area contributed by atoms with Gasteiger partial charge < -0.3 is 4.90 Å². The van der Waals surface area contributed by atoms with Gasteiger partial charge in [-0.1, -0.05) is 158 Å². The highest BCUT2D eigenvalue weighted by Crippen LogP contribution is 2.40. The number of benzene rings is 6. The molecule has 0 aliphatic carbocycles. The smallest absolute Gasteiger partial charge is 0.177 e. The van der Waals surface area contributed by atoms with Gasteiger partial charge in [-0.25, -0.2) is 0 Å². The van der Waals surface area contributed by atoms with E-state index in [2.05, 4.69) is 187 Å². The van der Waals surface area contributed by atoms with E-state index in [-0.39, 0.29) is 5.67 Å². The predicted octanol–water partition coefficient (Wildman–Crippen LogP) is 7.28. The first kappa shape index (κ1) is 24.7. The van der Waals surface area contributed by atoms with Crippen molar-refractivity contribution in [3.8, 4) is 0 Å². The average Bonchev–Trinajstić information content (AvgIpc) is 3.04. The van der Waals surface area contributed by atoms with Gasteiger partial charge in [0.25, 0.3) is 0 Å². The molecule has 39 heavy (non-hydrogen) atoms. The Morgan fingerprint density at radius 1 is 0.333 bits per heavy atom. The average molecular weight is 518 g/mol. The molecule has 0 aromatic heterocycles. The van der Waals surface area contributed by atoms with Crippen molar-refractivity contribution in [2.45, 2.75) is 5.67 Å². The third-order valence-corrected chi connectivity index (χ3v) is 12.7. The number of nitrogens with zero attached hydrogens (tertiary/aromatic N) is 1. The summed E-state index contributed by atoms with van der Waals surface area (Å²) in [5, 5.41) is 4.15. The lowest BCUT2D eigenvalue weighted by Gasteiger charge is -2.47. The zero-order valence-electron chi connectivity index (χ0n) is 21.8. The molecule has 2 heteroatoms. The van der Waals surface area contributed by atoms with E-state index in [1.807, 2.05) is 0 Å². The number of para-hydroxylation sites is 2. The second kappa shape index (κ2) is 11.4. The summed E-state index contributed by atoms with van der Waals surface area (Å²) in [4.78, 5) is 2.58. The summed E-state index contributed by atoms with van der Waals surface area (Å²) in [5.74, 6) is 0. The summed E-state index contributed by atoms with van der Waals surface area (Å²) in [6, 6.07) is 66.4. The lowest BCUT2D eigenvalue weighted by atomic mass is 10.1. The van der Waals surface area contributed by atoms with Gasteiger partial charge in [-0.2, -0.15) is 0 Å². The summed E-state index contributed by atoms with van der Waals surface area (Å²) in [7, 11) is -2.80. The molecule has 1 nitrogen and oxygen atoms in total. The Morgan fingerprint density at radius 3 is 0.949 bits per heavy atom. The van der Waals surface area contributed by atoms with Gasteiger partial charge in [0.05, 0.1) is 5.67 Å². The van der Waals surface area contributed by atoms with Crippen LogP contribution in [0.1, 0.15) is 11.2 Å². The molecule has 0 heterocycles. The minimum absolute atomic E-state index is 0.0238. The second-order valence-corrected chi connectivity index (χ2v) is 13.7. The molecule has 0 aliphatic rings. The van der Waals surface area contributed by atoms with Crippen LogP contribution in [0.25, 0.3) is 0 Å². The molecule has 6 aromatic rings. The minimum atomic E-state index is -2.80. The van der Waals surface area contributed by atoms with E-state index in [0.717, 1.165) is 0 Å². The molecule has 0 radical (unpaired) electrons. The van der Waals surface area contributed by atoms with Gasteiger partial charge in [-0.3, -0.25) is 0 Å². The van der Waals surface area contributed by atoms with Crippen LogP contribution in [-0.4, -0.2) is 8.07 Å². The summed E-state index contributed by atoms with van der Waals surface area (Å²) in [5.41, 5.74) is 3.68. The van der Waals surface area contributed by atoms with Crippen LogP contribution in [0, 0.1) is 0 Å². The van der Waals surface area contributed by atoms with Gasteiger partial charge in [0.15, 0.2) is 8.07 Å². The molecule has 0 aliphatic heterocycles. The summed E-state index contributed by atoms with van der Waals surface area (Å²) >= 11 is 0. The third-order valence-electron chi connectivity index (χ3n) is 7.54. The molecule has 0 N–H and O–H groups in total. The lowest BCUT2D eigenvalue weighted by molar-refractivity contribution is 0.908. The first-order chi connectivity index (χ1) is 19.4. The van der Waals surface area contributed by atoms with Crippen molar-refractivity contribution in [3.63, 3.8) is 0 Å². The van der Waals surface area contributed by atoms with Crippen LogP contribution in [0.3, 0.4) is 0 Å². The van der Waals surface area contributed by atoms with E-state index in [0.29, 0.717) is 0 Å². The van der Waals surface area contributed by atoms with E-state index in [9.17, 15) is 0 Å². The van der Waals surface area contributed by atoms with Gasteiger partial charge in [-0.05, 0) is 45.4 Å². The first-order valence-electron chi connectivity index (χ1n) is 13.5. The van der Waals surface area contributed by atoms with Crippen LogP contribution in [0.5, 0.6) is 0 Å². The lowest BCUT2D eigenvalue weighted by Crippen LogP contribution is -2.73. The Bertz CT molecular complexity index is 1440. The normalized spacial score (nSPS) is 12.0. The fraction of sp³-hybridized carbons (Fsp3) is 0.0270. The fourth-order valence-electron chi connectivity index (χ4n) is 5.93. The molecule has 1 atom stereocenters. The quantitative estimate of drug-likeness (QED) is 0.152. The van der Waals surface area contributed by atoms with Crippen LogP contribution >= 0.6 is 0 Å². The Balaban J connectivity index is 1.79. The van der Waals surface area contributed by atoms with Gasteiger partial charge in [0, 0.05) is 11.4 Å². The maximum absolute atomic E-state index is 2.80. The number of anilines is 2. The molecule has 0 amide bonds. The molecule has 0 bridgehead atoms. The Hall–Kier alpha value is -4.66. The minimum Gasteiger partial charge on any atom is -0.336 e. The van der Waals surface area contributed by atoms with E-state index in [1.165, 1.54) is 32.5 Å². The molecule has 188 valence electrons. The highest BCUT2D eigenvalue weighted by Gasteiger charge is 2.50. The van der Waals surface area contributed by atoms with Gasteiger partial charge in [0.1, 0.15) is 0 Å². The van der Waals surface area contributed by atoms with Gasteiger partial charge in [0.2, 0.25) is 0 Å². The third kappa shape index (κ3) is 4.71. The Kier molecular flexibility index (Phi) is 7.20. The van der Waals surface area contributed by atoms with Gasteiger partial charge >= 0.3 is 0 Å². The number of hydrogen-bond donors (Lipinski definition) is 0. The highest BCUT2D eigenvalue weighted by molar-refractivity contribution is 7.12. The number of hydrogen-bond acceptors (Lipinski definition) is 1. The summed E-state index contributed by atoms with van der Waals surface area (Å²) in [6.07, 6.45) is 0. The van der Waals surface area contributed by atoms with Gasteiger partial charge in [-0.15, -0.1) is 0 Å². The van der Waals surface area contributed by atoms with E-state index >= 15 is 0 Å². The molecule has 0 fully saturated rings. The monoisotopic (exact) mass is 517 g/mol. The molecule has 0 saturated heterocycles. The predicted molar refractivity (Wildman–Crippen MR) is 168 cm³/mol. The van der Waals surface area contributed by atoms with Crippen LogP contribution in [0.2, 0.25) is 0 Å². The van der Waals surface area contributed by atoms with Crippen molar-refractivity contribution in [1.82, 2.24) is 0 Å². The molecular weight excluding hydrogens is 487 g/mol. The zero-order valence-corrected chi connectivity index (χ0v) is 22.8. The molecule has 0 spiro atoms. The molecule has 6 rings (SSSR count). The topological polar surface area (TPSA) is 3.24 Å². The summed E-state index contributed by atoms with van der Waals surface area (Å²) < 4.78 is 0. The molecule has 0 saturated carbocycles. The van der Waals surface area contributed by atoms with Crippen molar-refractivity contribution in [2.75, 3.05) is 4.90 Å². The van der Waals surface area contributed by atoms with E-state index in [4.69, 9.17) is 0 Å². The maximum atomic E-state index is 2.58. The standard InChI is InChI=1S/C37H31NSi/c1-7-19-31(20-8-1)37(38(32-21-9-2-10-22-32)33-23-11-3-12-24-33)39(34-25-13-4-14-26-34,35-27-15-5-16-28-35)36-29-17-6-18-30-36/h1-30,37H.